The highest BCUT2D eigenvalue weighted by molar-refractivity contribution is 6.30. The average Bonchev–Trinajstić information content (AvgIpc) is 3.39. The topological polar surface area (TPSA) is 85.2 Å². The fraction of sp³-hybridized carbons (Fsp3) is 0.154. The fourth-order valence-corrected chi connectivity index (χ4v) is 4.15. The summed E-state index contributed by atoms with van der Waals surface area (Å²) in [5, 5.41) is 16.0. The molecular weight excluding hydrogens is 464 g/mol. The minimum absolute atomic E-state index is 0.0601. The SMILES string of the molecule is COc1ccc(CNC(=O)CN2C(c3ccccc3)=C[C@H](c3ccc(Cl)cc3)n3nnnc32)cc1. The number of anilines is 1. The van der Waals surface area contributed by atoms with Crippen LogP contribution in [0, 0.1) is 0 Å². The number of methoxy groups -OCH3 is 1. The first-order chi connectivity index (χ1) is 17.1. The summed E-state index contributed by atoms with van der Waals surface area (Å²) in [7, 11) is 1.62. The van der Waals surface area contributed by atoms with E-state index >= 15 is 0 Å². The number of tetrazole rings is 1. The Morgan fingerprint density at radius 2 is 1.77 bits per heavy atom. The minimum Gasteiger partial charge on any atom is -0.497 e. The van der Waals surface area contributed by atoms with Crippen LogP contribution in [0.25, 0.3) is 5.70 Å². The third-order valence-corrected chi connectivity index (χ3v) is 6.07. The smallest absolute Gasteiger partial charge is 0.251 e. The summed E-state index contributed by atoms with van der Waals surface area (Å²) < 4.78 is 6.91. The van der Waals surface area contributed by atoms with Gasteiger partial charge in [0.05, 0.1) is 12.8 Å². The van der Waals surface area contributed by atoms with Gasteiger partial charge in [0, 0.05) is 11.6 Å². The van der Waals surface area contributed by atoms with Crippen LogP contribution in [0.15, 0.2) is 84.9 Å². The molecule has 0 fully saturated rings. The molecule has 5 rings (SSSR count). The van der Waals surface area contributed by atoms with E-state index < -0.39 is 0 Å². The first-order valence-corrected chi connectivity index (χ1v) is 11.5. The number of halogens is 1. The Hall–Kier alpha value is -4.17. The summed E-state index contributed by atoms with van der Waals surface area (Å²) in [5.41, 5.74) is 3.78. The molecule has 0 spiro atoms. The van der Waals surface area contributed by atoms with E-state index in [1.807, 2.05) is 83.8 Å². The van der Waals surface area contributed by atoms with Crippen molar-refractivity contribution in [2.75, 3.05) is 18.6 Å². The van der Waals surface area contributed by atoms with E-state index in [-0.39, 0.29) is 18.5 Å². The molecule has 1 aromatic heterocycles. The third-order valence-electron chi connectivity index (χ3n) is 5.82. The second kappa shape index (κ2) is 9.99. The first-order valence-electron chi connectivity index (χ1n) is 11.1. The number of fused-ring (bicyclic) bond motifs is 1. The van der Waals surface area contributed by atoms with Gasteiger partial charge in [-0.15, -0.1) is 0 Å². The monoisotopic (exact) mass is 486 g/mol. The lowest BCUT2D eigenvalue weighted by molar-refractivity contribution is -0.119. The van der Waals surface area contributed by atoms with E-state index in [0.29, 0.717) is 17.5 Å². The number of ether oxygens (including phenoxy) is 1. The van der Waals surface area contributed by atoms with Crippen molar-refractivity contribution in [2.24, 2.45) is 0 Å². The maximum atomic E-state index is 13.0. The summed E-state index contributed by atoms with van der Waals surface area (Å²) in [6.07, 6.45) is 2.07. The predicted octanol–water partition coefficient (Wildman–Crippen LogP) is 4.10. The molecule has 8 nitrogen and oxygen atoms in total. The second-order valence-corrected chi connectivity index (χ2v) is 8.49. The van der Waals surface area contributed by atoms with E-state index in [9.17, 15) is 4.79 Å². The van der Waals surface area contributed by atoms with Crippen molar-refractivity contribution in [3.63, 3.8) is 0 Å². The van der Waals surface area contributed by atoms with Gasteiger partial charge in [0.2, 0.25) is 5.91 Å². The Kier molecular flexibility index (Phi) is 6.45. The number of amides is 1. The van der Waals surface area contributed by atoms with Crippen molar-refractivity contribution >= 4 is 29.2 Å². The van der Waals surface area contributed by atoms with Crippen LogP contribution < -0.4 is 15.0 Å². The van der Waals surface area contributed by atoms with Crippen LogP contribution in [0.1, 0.15) is 22.7 Å². The summed E-state index contributed by atoms with van der Waals surface area (Å²) in [6.45, 7) is 0.462. The number of aromatic nitrogens is 4. The molecule has 3 aromatic carbocycles. The van der Waals surface area contributed by atoms with Gasteiger partial charge in [0.1, 0.15) is 18.3 Å². The highest BCUT2D eigenvalue weighted by Crippen LogP contribution is 2.36. The first kappa shape index (κ1) is 22.6. The van der Waals surface area contributed by atoms with Gasteiger partial charge < -0.3 is 10.1 Å². The molecule has 0 unspecified atom stereocenters. The quantitative estimate of drug-likeness (QED) is 0.423. The molecule has 0 bridgehead atoms. The molecule has 1 N–H and O–H groups in total. The van der Waals surface area contributed by atoms with Gasteiger partial charge in [0.15, 0.2) is 0 Å². The van der Waals surface area contributed by atoms with Gasteiger partial charge in [-0.25, -0.2) is 0 Å². The van der Waals surface area contributed by atoms with Crippen molar-refractivity contribution < 1.29 is 9.53 Å². The molecule has 1 aliphatic heterocycles. The van der Waals surface area contributed by atoms with Gasteiger partial charge in [-0.2, -0.15) is 4.68 Å². The minimum atomic E-state index is -0.244. The number of hydrogen-bond acceptors (Lipinski definition) is 6. The number of nitrogens with one attached hydrogen (secondary N) is 1. The second-order valence-electron chi connectivity index (χ2n) is 8.05. The molecule has 2 heterocycles. The molecule has 0 saturated heterocycles. The normalized spacial score (nSPS) is 14.7. The number of rotatable bonds is 7. The molecule has 176 valence electrons. The Morgan fingerprint density at radius 3 is 2.49 bits per heavy atom. The van der Waals surface area contributed by atoms with Crippen LogP contribution in [0.2, 0.25) is 5.02 Å². The summed E-state index contributed by atoms with van der Waals surface area (Å²) >= 11 is 6.10. The zero-order valence-corrected chi connectivity index (χ0v) is 19.8. The van der Waals surface area contributed by atoms with Gasteiger partial charge in [-0.1, -0.05) is 71.3 Å². The predicted molar refractivity (Wildman–Crippen MR) is 134 cm³/mol. The van der Waals surface area contributed by atoms with Crippen LogP contribution in [0.3, 0.4) is 0 Å². The highest BCUT2D eigenvalue weighted by atomic mass is 35.5. The zero-order chi connectivity index (χ0) is 24.2. The van der Waals surface area contributed by atoms with Crippen molar-refractivity contribution in [1.82, 2.24) is 25.5 Å². The molecule has 35 heavy (non-hydrogen) atoms. The number of carbonyl (C=O) groups is 1. The highest BCUT2D eigenvalue weighted by Gasteiger charge is 2.31. The molecule has 9 heteroatoms. The maximum absolute atomic E-state index is 13.0. The van der Waals surface area contributed by atoms with Crippen molar-refractivity contribution in [1.29, 1.82) is 0 Å². The third kappa shape index (κ3) is 4.88. The summed E-state index contributed by atoms with van der Waals surface area (Å²) in [6, 6.07) is 24.8. The number of benzene rings is 3. The molecule has 1 amide bonds. The lowest BCUT2D eigenvalue weighted by atomic mass is 10.0. The van der Waals surface area contributed by atoms with E-state index in [1.54, 1.807) is 11.8 Å². The Balaban J connectivity index is 1.43. The maximum Gasteiger partial charge on any atom is 0.251 e. The lowest BCUT2D eigenvalue weighted by Gasteiger charge is -2.32. The summed E-state index contributed by atoms with van der Waals surface area (Å²) in [4.78, 5) is 14.8. The molecule has 4 aromatic rings. The van der Waals surface area contributed by atoms with E-state index in [4.69, 9.17) is 16.3 Å². The van der Waals surface area contributed by atoms with E-state index in [0.717, 1.165) is 28.1 Å². The van der Waals surface area contributed by atoms with Gasteiger partial charge in [-0.05, 0) is 57.5 Å². The van der Waals surface area contributed by atoms with Crippen LogP contribution >= 0.6 is 11.6 Å². The standard InChI is InChI=1S/C26H23ClN6O2/c1-35-22-13-7-18(8-14-22)16-28-25(34)17-32-23(19-5-3-2-4-6-19)15-24(33-26(32)29-30-31-33)20-9-11-21(27)12-10-20/h2-15,24H,16-17H2,1H3,(H,28,34)/t24-/m1/s1. The van der Waals surface area contributed by atoms with Crippen LogP contribution in [-0.4, -0.2) is 39.8 Å². The number of allylic oxidation sites excluding steroid dienone is 1. The van der Waals surface area contributed by atoms with Gasteiger partial charge in [0.25, 0.3) is 5.95 Å². The number of hydrogen-bond donors (Lipinski definition) is 1. The Morgan fingerprint density at radius 1 is 1.03 bits per heavy atom. The molecule has 0 radical (unpaired) electrons. The molecule has 1 aliphatic rings. The van der Waals surface area contributed by atoms with Crippen LogP contribution in [0.5, 0.6) is 5.75 Å². The van der Waals surface area contributed by atoms with Crippen LogP contribution in [0.4, 0.5) is 5.95 Å². The average molecular weight is 487 g/mol. The van der Waals surface area contributed by atoms with E-state index in [2.05, 4.69) is 26.9 Å². The van der Waals surface area contributed by atoms with Crippen molar-refractivity contribution in [3.8, 4) is 5.75 Å². The molecule has 0 aliphatic carbocycles. The lowest BCUT2D eigenvalue weighted by Crippen LogP contribution is -2.39. The van der Waals surface area contributed by atoms with E-state index in [1.165, 1.54) is 0 Å². The van der Waals surface area contributed by atoms with Crippen LogP contribution in [-0.2, 0) is 11.3 Å². The summed E-state index contributed by atoms with van der Waals surface area (Å²) in [5.74, 6) is 1.11. The molecule has 1 atom stereocenters. The van der Waals surface area contributed by atoms with Crippen molar-refractivity contribution in [2.45, 2.75) is 12.6 Å². The largest absolute Gasteiger partial charge is 0.497 e. The fourth-order valence-electron chi connectivity index (χ4n) is 4.02. The number of carbonyl (C=O) groups excluding carboxylic acids is 1. The van der Waals surface area contributed by atoms with Gasteiger partial charge >= 0.3 is 0 Å². The Bertz CT molecular complexity index is 1340. The molecular formula is C26H23ClN6O2. The van der Waals surface area contributed by atoms with Crippen molar-refractivity contribution in [3.05, 3.63) is 107 Å². The number of nitrogens with zero attached hydrogens (tertiary/aromatic N) is 5. The Labute approximate surface area is 207 Å². The zero-order valence-electron chi connectivity index (χ0n) is 19.0. The van der Waals surface area contributed by atoms with Gasteiger partial charge in [-0.3, -0.25) is 9.69 Å². The molecule has 0 saturated carbocycles.